The minimum Gasteiger partial charge on any atom is -0.481 e. The Balaban J connectivity index is 2.17. The van der Waals surface area contributed by atoms with Gasteiger partial charge in [-0.2, -0.15) is 0 Å². The summed E-state index contributed by atoms with van der Waals surface area (Å²) in [6.07, 6.45) is 1.18. The van der Waals surface area contributed by atoms with Crippen LogP contribution in [0.25, 0.3) is 0 Å². The van der Waals surface area contributed by atoms with Gasteiger partial charge in [0.1, 0.15) is 5.82 Å². The smallest absolute Gasteiger partial charge is 0.308 e. The molecule has 1 aliphatic heterocycles. The summed E-state index contributed by atoms with van der Waals surface area (Å²) in [4.78, 5) is 24.5. The quantitative estimate of drug-likeness (QED) is 0.907. The van der Waals surface area contributed by atoms with Gasteiger partial charge in [-0.3, -0.25) is 9.59 Å². The van der Waals surface area contributed by atoms with Crippen LogP contribution in [0.5, 0.6) is 0 Å². The molecular formula is C13H13BrFNO3. The molecule has 102 valence electrons. The summed E-state index contributed by atoms with van der Waals surface area (Å²) in [5.74, 6) is -2.52. The van der Waals surface area contributed by atoms with Gasteiger partial charge >= 0.3 is 5.97 Å². The summed E-state index contributed by atoms with van der Waals surface area (Å²) in [6, 6.07) is 4.23. The highest BCUT2D eigenvalue weighted by molar-refractivity contribution is 9.10. The summed E-state index contributed by atoms with van der Waals surface area (Å²) in [5, 5.41) is 8.98. The molecule has 0 spiro atoms. The second-order valence-electron chi connectivity index (χ2n) is 4.55. The van der Waals surface area contributed by atoms with E-state index in [1.807, 2.05) is 0 Å². The first-order valence-electron chi connectivity index (χ1n) is 5.96. The largest absolute Gasteiger partial charge is 0.481 e. The van der Waals surface area contributed by atoms with E-state index in [1.54, 1.807) is 6.07 Å². The molecule has 0 radical (unpaired) electrons. The van der Waals surface area contributed by atoms with E-state index in [4.69, 9.17) is 5.11 Å². The third-order valence-electron chi connectivity index (χ3n) is 3.22. The predicted octanol–water partition coefficient (Wildman–Crippen LogP) is 2.53. The van der Waals surface area contributed by atoms with E-state index in [-0.39, 0.29) is 12.1 Å². The predicted molar refractivity (Wildman–Crippen MR) is 70.4 cm³/mol. The molecule has 1 N–H and O–H groups in total. The zero-order chi connectivity index (χ0) is 14.0. The van der Waals surface area contributed by atoms with Crippen molar-refractivity contribution in [3.05, 3.63) is 34.1 Å². The van der Waals surface area contributed by atoms with Gasteiger partial charge in [0.05, 0.1) is 11.5 Å². The molecule has 4 nitrogen and oxygen atoms in total. The molecule has 2 rings (SSSR count). The van der Waals surface area contributed by atoms with E-state index in [1.165, 1.54) is 17.0 Å². The third-order valence-corrected chi connectivity index (χ3v) is 3.71. The number of hydrogen-bond acceptors (Lipinski definition) is 2. The van der Waals surface area contributed by atoms with Gasteiger partial charge in [0.25, 0.3) is 5.91 Å². The molecule has 0 saturated carbocycles. The molecule has 1 aromatic carbocycles. The zero-order valence-electron chi connectivity index (χ0n) is 10.1. The molecular weight excluding hydrogens is 317 g/mol. The van der Waals surface area contributed by atoms with Gasteiger partial charge in [0.2, 0.25) is 0 Å². The van der Waals surface area contributed by atoms with Gasteiger partial charge in [-0.15, -0.1) is 0 Å². The fraction of sp³-hybridized carbons (Fsp3) is 0.385. The van der Waals surface area contributed by atoms with Crippen LogP contribution in [0.1, 0.15) is 23.2 Å². The normalized spacial score (nSPS) is 19.3. The van der Waals surface area contributed by atoms with Gasteiger partial charge in [-0.25, -0.2) is 4.39 Å². The SMILES string of the molecule is O=C(O)[C@@H]1CCCN(C(=O)c2ccc(Br)cc2F)C1. The third kappa shape index (κ3) is 3.12. The number of rotatable bonds is 2. The summed E-state index contributed by atoms with van der Waals surface area (Å²) in [6.45, 7) is 0.613. The molecule has 6 heteroatoms. The Labute approximate surface area is 118 Å². The number of halogens is 2. The Morgan fingerprint density at radius 3 is 2.79 bits per heavy atom. The lowest BCUT2D eigenvalue weighted by molar-refractivity contribution is -0.143. The van der Waals surface area contributed by atoms with E-state index in [9.17, 15) is 14.0 Å². The average Bonchev–Trinajstić information content (AvgIpc) is 2.38. The van der Waals surface area contributed by atoms with Gasteiger partial charge < -0.3 is 10.0 Å². The van der Waals surface area contributed by atoms with Crippen LogP contribution in [0.15, 0.2) is 22.7 Å². The van der Waals surface area contributed by atoms with Crippen molar-refractivity contribution in [3.8, 4) is 0 Å². The van der Waals surface area contributed by atoms with Gasteiger partial charge in [-0.1, -0.05) is 15.9 Å². The second kappa shape index (κ2) is 5.69. The molecule has 1 heterocycles. The van der Waals surface area contributed by atoms with Crippen LogP contribution in [0.2, 0.25) is 0 Å². The first-order valence-corrected chi connectivity index (χ1v) is 6.75. The average molecular weight is 330 g/mol. The number of carbonyl (C=O) groups is 2. The summed E-state index contributed by atoms with van der Waals surface area (Å²) in [7, 11) is 0. The Bertz CT molecular complexity index is 521. The molecule has 1 atom stereocenters. The summed E-state index contributed by atoms with van der Waals surface area (Å²) in [5.41, 5.74) is -0.0192. The van der Waals surface area contributed by atoms with Crippen LogP contribution in [-0.2, 0) is 4.79 Å². The maximum atomic E-state index is 13.7. The number of carboxylic acid groups (broad SMARTS) is 1. The molecule has 1 saturated heterocycles. The number of carbonyl (C=O) groups excluding carboxylic acids is 1. The number of likely N-dealkylation sites (tertiary alicyclic amines) is 1. The van der Waals surface area contributed by atoms with Gasteiger partial charge in [0.15, 0.2) is 0 Å². The lowest BCUT2D eigenvalue weighted by atomic mass is 9.97. The number of piperidine rings is 1. The van der Waals surface area contributed by atoms with Crippen molar-refractivity contribution in [2.75, 3.05) is 13.1 Å². The molecule has 1 fully saturated rings. The fourth-order valence-corrected chi connectivity index (χ4v) is 2.53. The first-order chi connectivity index (χ1) is 8.99. The van der Waals surface area contributed by atoms with Crippen molar-refractivity contribution in [3.63, 3.8) is 0 Å². The molecule has 0 aliphatic carbocycles. The topological polar surface area (TPSA) is 57.6 Å². The molecule has 19 heavy (non-hydrogen) atoms. The molecule has 0 aromatic heterocycles. The lowest BCUT2D eigenvalue weighted by Gasteiger charge is -2.30. The van der Waals surface area contributed by atoms with Crippen LogP contribution in [0, 0.1) is 11.7 Å². The minimum atomic E-state index is -0.909. The maximum Gasteiger partial charge on any atom is 0.308 e. The second-order valence-corrected chi connectivity index (χ2v) is 5.47. The van der Waals surface area contributed by atoms with E-state index in [0.717, 1.165) is 0 Å². The fourth-order valence-electron chi connectivity index (χ4n) is 2.20. The maximum absolute atomic E-state index is 13.7. The van der Waals surface area contributed by atoms with Crippen LogP contribution in [0.3, 0.4) is 0 Å². The number of carboxylic acids is 1. The van der Waals surface area contributed by atoms with Crippen molar-refractivity contribution < 1.29 is 19.1 Å². The van der Waals surface area contributed by atoms with Crippen molar-refractivity contribution in [1.29, 1.82) is 0 Å². The number of amides is 1. The van der Waals surface area contributed by atoms with Gasteiger partial charge in [0, 0.05) is 17.6 Å². The van der Waals surface area contributed by atoms with Crippen LogP contribution in [-0.4, -0.2) is 35.0 Å². The van der Waals surface area contributed by atoms with Crippen molar-refractivity contribution >= 4 is 27.8 Å². The number of nitrogens with zero attached hydrogens (tertiary/aromatic N) is 1. The minimum absolute atomic E-state index is 0.0192. The van der Waals surface area contributed by atoms with Crippen molar-refractivity contribution in [1.82, 2.24) is 4.90 Å². The van der Waals surface area contributed by atoms with Crippen LogP contribution >= 0.6 is 15.9 Å². The Morgan fingerprint density at radius 1 is 1.42 bits per heavy atom. The summed E-state index contributed by atoms with van der Waals surface area (Å²) < 4.78 is 14.3. The lowest BCUT2D eigenvalue weighted by Crippen LogP contribution is -2.42. The zero-order valence-corrected chi connectivity index (χ0v) is 11.7. The van der Waals surface area contributed by atoms with E-state index >= 15 is 0 Å². The highest BCUT2D eigenvalue weighted by Crippen LogP contribution is 2.21. The number of benzene rings is 1. The highest BCUT2D eigenvalue weighted by atomic mass is 79.9. The Kier molecular flexibility index (Phi) is 4.19. The van der Waals surface area contributed by atoms with E-state index in [0.29, 0.717) is 23.9 Å². The highest BCUT2D eigenvalue weighted by Gasteiger charge is 2.29. The molecule has 1 aromatic rings. The molecule has 0 bridgehead atoms. The Morgan fingerprint density at radius 2 is 2.16 bits per heavy atom. The summed E-state index contributed by atoms with van der Waals surface area (Å²) >= 11 is 3.13. The Hall–Kier alpha value is -1.43. The molecule has 1 aliphatic rings. The number of aliphatic carboxylic acids is 1. The monoisotopic (exact) mass is 329 g/mol. The molecule has 1 amide bonds. The first kappa shape index (κ1) is 14.0. The van der Waals surface area contributed by atoms with Crippen LogP contribution < -0.4 is 0 Å². The molecule has 0 unspecified atom stereocenters. The van der Waals surface area contributed by atoms with Crippen molar-refractivity contribution in [2.45, 2.75) is 12.8 Å². The van der Waals surface area contributed by atoms with Crippen LogP contribution in [0.4, 0.5) is 4.39 Å². The number of hydrogen-bond donors (Lipinski definition) is 1. The van der Waals surface area contributed by atoms with E-state index < -0.39 is 23.6 Å². The standard InChI is InChI=1S/C13H13BrFNO3/c14-9-3-4-10(11(15)6-9)12(17)16-5-1-2-8(7-16)13(18)19/h3-4,6,8H,1-2,5,7H2,(H,18,19)/t8-/m1/s1. The van der Waals surface area contributed by atoms with E-state index in [2.05, 4.69) is 15.9 Å². The van der Waals surface area contributed by atoms with Gasteiger partial charge in [-0.05, 0) is 31.0 Å². The van der Waals surface area contributed by atoms with Crippen molar-refractivity contribution in [2.24, 2.45) is 5.92 Å².